The molecular formula is C12H13N3OS. The van der Waals surface area contributed by atoms with Crippen LogP contribution >= 0.6 is 12.2 Å². The lowest BCUT2D eigenvalue weighted by Crippen LogP contribution is -2.02. The Balaban J connectivity index is 2.15. The summed E-state index contributed by atoms with van der Waals surface area (Å²) in [5, 5.41) is 15.9. The van der Waals surface area contributed by atoms with E-state index in [0.717, 1.165) is 12.1 Å². The number of fused-ring (bicyclic) bond motifs is 1. The van der Waals surface area contributed by atoms with E-state index in [2.05, 4.69) is 22.3 Å². The fourth-order valence-corrected chi connectivity index (χ4v) is 2.66. The first kappa shape index (κ1) is 10.7. The topological polar surface area (TPSA) is 53.8 Å². The zero-order chi connectivity index (χ0) is 11.8. The van der Waals surface area contributed by atoms with Gasteiger partial charge in [0.15, 0.2) is 10.6 Å². The van der Waals surface area contributed by atoms with Gasteiger partial charge in [0, 0.05) is 0 Å². The second-order valence-electron chi connectivity index (χ2n) is 4.25. The molecule has 1 heterocycles. The van der Waals surface area contributed by atoms with E-state index in [1.165, 1.54) is 24.0 Å². The van der Waals surface area contributed by atoms with E-state index in [-0.39, 0.29) is 6.61 Å². The molecule has 5 heteroatoms. The standard InChI is InChI=1S/C12H13N3OS/c16-7-11-13-14-12(17)15(11)10-5-4-8-2-1-3-9(8)6-10/h4-6,16H,1-3,7H2,(H,14,17). The summed E-state index contributed by atoms with van der Waals surface area (Å²) in [5.74, 6) is 0.549. The highest BCUT2D eigenvalue weighted by Crippen LogP contribution is 2.24. The van der Waals surface area contributed by atoms with Crippen LogP contribution in [0, 0.1) is 4.77 Å². The average Bonchev–Trinajstić information content (AvgIpc) is 2.93. The predicted molar refractivity (Wildman–Crippen MR) is 66.7 cm³/mol. The van der Waals surface area contributed by atoms with Crippen LogP contribution in [0.4, 0.5) is 0 Å². The van der Waals surface area contributed by atoms with Crippen molar-refractivity contribution >= 4 is 12.2 Å². The van der Waals surface area contributed by atoms with Crippen molar-refractivity contribution in [1.29, 1.82) is 0 Å². The third kappa shape index (κ3) is 1.71. The zero-order valence-corrected chi connectivity index (χ0v) is 10.1. The van der Waals surface area contributed by atoms with Crippen LogP contribution in [0.5, 0.6) is 0 Å². The SMILES string of the molecule is OCc1n[nH]c(=S)n1-c1ccc2c(c1)CCC2. The van der Waals surface area contributed by atoms with E-state index in [0.29, 0.717) is 10.6 Å². The summed E-state index contributed by atoms with van der Waals surface area (Å²) in [4.78, 5) is 0. The summed E-state index contributed by atoms with van der Waals surface area (Å²) in [7, 11) is 0. The van der Waals surface area contributed by atoms with Gasteiger partial charge in [0.2, 0.25) is 0 Å². The number of benzene rings is 1. The molecule has 0 fully saturated rings. The number of aromatic amines is 1. The van der Waals surface area contributed by atoms with Gasteiger partial charge < -0.3 is 5.11 Å². The van der Waals surface area contributed by atoms with Crippen LogP contribution in [0.3, 0.4) is 0 Å². The van der Waals surface area contributed by atoms with E-state index >= 15 is 0 Å². The molecule has 2 aromatic rings. The van der Waals surface area contributed by atoms with Crippen molar-refractivity contribution in [3.05, 3.63) is 39.9 Å². The van der Waals surface area contributed by atoms with Crippen LogP contribution in [-0.4, -0.2) is 19.9 Å². The second-order valence-corrected chi connectivity index (χ2v) is 4.63. The molecule has 1 aromatic carbocycles. The summed E-state index contributed by atoms with van der Waals surface area (Å²) in [6.45, 7) is -0.121. The monoisotopic (exact) mass is 247 g/mol. The van der Waals surface area contributed by atoms with Gasteiger partial charge in [-0.25, -0.2) is 0 Å². The summed E-state index contributed by atoms with van der Waals surface area (Å²) < 4.78 is 2.31. The summed E-state index contributed by atoms with van der Waals surface area (Å²) in [6.07, 6.45) is 3.52. The minimum absolute atomic E-state index is 0.121. The van der Waals surface area contributed by atoms with Crippen molar-refractivity contribution < 1.29 is 5.11 Å². The number of nitrogens with one attached hydrogen (secondary N) is 1. The molecule has 0 radical (unpaired) electrons. The van der Waals surface area contributed by atoms with Gasteiger partial charge in [0.05, 0.1) is 5.69 Å². The number of nitrogens with zero attached hydrogens (tertiary/aromatic N) is 2. The van der Waals surface area contributed by atoms with E-state index in [1.54, 1.807) is 4.57 Å². The van der Waals surface area contributed by atoms with Crippen LogP contribution in [0.2, 0.25) is 0 Å². The quantitative estimate of drug-likeness (QED) is 0.797. The van der Waals surface area contributed by atoms with Gasteiger partial charge in [-0.2, -0.15) is 5.10 Å². The molecule has 0 unspecified atom stereocenters. The number of hydrogen-bond acceptors (Lipinski definition) is 3. The number of aryl methyl sites for hydroxylation is 2. The average molecular weight is 247 g/mol. The Morgan fingerprint density at radius 2 is 2.18 bits per heavy atom. The number of hydrogen-bond donors (Lipinski definition) is 2. The minimum atomic E-state index is -0.121. The highest BCUT2D eigenvalue weighted by molar-refractivity contribution is 7.71. The third-order valence-electron chi connectivity index (χ3n) is 3.22. The van der Waals surface area contributed by atoms with Crippen LogP contribution < -0.4 is 0 Å². The maximum atomic E-state index is 9.24. The third-order valence-corrected chi connectivity index (χ3v) is 3.50. The van der Waals surface area contributed by atoms with E-state index < -0.39 is 0 Å². The van der Waals surface area contributed by atoms with Gasteiger partial charge in [0.25, 0.3) is 0 Å². The number of aliphatic hydroxyl groups excluding tert-OH is 1. The lowest BCUT2D eigenvalue weighted by molar-refractivity contribution is 0.269. The maximum Gasteiger partial charge on any atom is 0.199 e. The zero-order valence-electron chi connectivity index (χ0n) is 9.31. The summed E-state index contributed by atoms with van der Waals surface area (Å²) in [5.41, 5.74) is 3.79. The smallest absolute Gasteiger partial charge is 0.199 e. The Morgan fingerprint density at radius 1 is 1.35 bits per heavy atom. The maximum absolute atomic E-state index is 9.24. The molecule has 0 aliphatic heterocycles. The first-order chi connectivity index (χ1) is 8.29. The van der Waals surface area contributed by atoms with Crippen LogP contribution in [-0.2, 0) is 19.4 Å². The predicted octanol–water partition coefficient (Wildman–Crippen LogP) is 1.91. The molecule has 0 amide bonds. The molecule has 0 saturated heterocycles. The highest BCUT2D eigenvalue weighted by atomic mass is 32.1. The summed E-state index contributed by atoms with van der Waals surface area (Å²) in [6, 6.07) is 6.33. The van der Waals surface area contributed by atoms with Gasteiger partial charge in [-0.3, -0.25) is 9.67 Å². The minimum Gasteiger partial charge on any atom is -0.388 e. The Labute approximate surface area is 104 Å². The molecule has 2 N–H and O–H groups in total. The molecule has 4 nitrogen and oxygen atoms in total. The fraction of sp³-hybridized carbons (Fsp3) is 0.333. The van der Waals surface area contributed by atoms with Crippen LogP contribution in [0.25, 0.3) is 5.69 Å². The fourth-order valence-electron chi connectivity index (χ4n) is 2.40. The Morgan fingerprint density at radius 3 is 3.00 bits per heavy atom. The van der Waals surface area contributed by atoms with Crippen molar-refractivity contribution in [2.24, 2.45) is 0 Å². The molecule has 0 bridgehead atoms. The van der Waals surface area contributed by atoms with E-state index in [4.69, 9.17) is 12.2 Å². The first-order valence-corrected chi connectivity index (χ1v) is 6.10. The van der Waals surface area contributed by atoms with Crippen molar-refractivity contribution in [3.63, 3.8) is 0 Å². The molecule has 1 aromatic heterocycles. The molecule has 88 valence electrons. The first-order valence-electron chi connectivity index (χ1n) is 5.69. The van der Waals surface area contributed by atoms with Gasteiger partial charge >= 0.3 is 0 Å². The number of aliphatic hydroxyl groups is 1. The van der Waals surface area contributed by atoms with Crippen molar-refractivity contribution in [2.45, 2.75) is 25.9 Å². The van der Waals surface area contributed by atoms with Gasteiger partial charge in [-0.15, -0.1) is 0 Å². The number of aromatic nitrogens is 3. The van der Waals surface area contributed by atoms with Gasteiger partial charge in [0.1, 0.15) is 6.61 Å². The van der Waals surface area contributed by atoms with Crippen molar-refractivity contribution in [3.8, 4) is 5.69 Å². The molecule has 0 saturated carbocycles. The Kier molecular flexibility index (Phi) is 2.57. The number of rotatable bonds is 2. The molecule has 1 aliphatic carbocycles. The normalized spacial score (nSPS) is 13.9. The van der Waals surface area contributed by atoms with Gasteiger partial charge in [-0.05, 0) is 54.7 Å². The van der Waals surface area contributed by atoms with Crippen molar-refractivity contribution in [1.82, 2.24) is 14.8 Å². The molecule has 1 aliphatic rings. The van der Waals surface area contributed by atoms with E-state index in [9.17, 15) is 5.11 Å². The Hall–Kier alpha value is -1.46. The van der Waals surface area contributed by atoms with Crippen LogP contribution in [0.15, 0.2) is 18.2 Å². The summed E-state index contributed by atoms with van der Waals surface area (Å²) >= 11 is 5.18. The lowest BCUT2D eigenvalue weighted by atomic mass is 10.1. The second kappa shape index (κ2) is 4.09. The lowest BCUT2D eigenvalue weighted by Gasteiger charge is -2.07. The number of H-pyrrole nitrogens is 1. The van der Waals surface area contributed by atoms with E-state index in [1.807, 2.05) is 6.07 Å². The molecular weight excluding hydrogens is 234 g/mol. The largest absolute Gasteiger partial charge is 0.388 e. The molecule has 0 spiro atoms. The van der Waals surface area contributed by atoms with Crippen molar-refractivity contribution in [2.75, 3.05) is 0 Å². The highest BCUT2D eigenvalue weighted by Gasteiger charge is 2.13. The van der Waals surface area contributed by atoms with Crippen LogP contribution in [0.1, 0.15) is 23.4 Å². The molecule has 3 rings (SSSR count). The molecule has 0 atom stereocenters. The Bertz CT molecular complexity index is 614. The molecule has 17 heavy (non-hydrogen) atoms. The van der Waals surface area contributed by atoms with Gasteiger partial charge in [-0.1, -0.05) is 6.07 Å².